The van der Waals surface area contributed by atoms with Gasteiger partial charge in [0.25, 0.3) is 5.91 Å². The number of hydrogen-bond acceptors (Lipinski definition) is 6. The van der Waals surface area contributed by atoms with Crippen molar-refractivity contribution in [3.05, 3.63) is 41.4 Å². The molecule has 10 nitrogen and oxygen atoms in total. The molecule has 0 bridgehead atoms. The quantitative estimate of drug-likeness (QED) is 0.492. The molecule has 3 heterocycles. The Morgan fingerprint density at radius 2 is 2.09 bits per heavy atom. The summed E-state index contributed by atoms with van der Waals surface area (Å²) in [7, 11) is 0. The average molecular weight is 523 g/mol. The van der Waals surface area contributed by atoms with Crippen molar-refractivity contribution in [1.29, 1.82) is 0 Å². The van der Waals surface area contributed by atoms with Crippen LogP contribution in [0, 0.1) is 5.82 Å². The summed E-state index contributed by atoms with van der Waals surface area (Å²) in [6, 6.07) is 5.40. The minimum absolute atomic E-state index is 0.0461. The Bertz CT molecular complexity index is 1360. The van der Waals surface area contributed by atoms with E-state index in [2.05, 4.69) is 10.1 Å². The lowest BCUT2D eigenvalue weighted by Gasteiger charge is -2.49. The monoisotopic (exact) mass is 522 g/mol. The van der Waals surface area contributed by atoms with Gasteiger partial charge in [0.15, 0.2) is 16.9 Å². The summed E-state index contributed by atoms with van der Waals surface area (Å²) >= 11 is 4.21. The van der Waals surface area contributed by atoms with Gasteiger partial charge in [0.2, 0.25) is 5.91 Å². The summed E-state index contributed by atoms with van der Waals surface area (Å²) in [4.78, 5) is 32.9. The van der Waals surface area contributed by atoms with Crippen molar-refractivity contribution in [2.75, 3.05) is 22.9 Å². The molecule has 2 aromatic heterocycles. The molecule has 186 valence electrons. The van der Waals surface area contributed by atoms with E-state index < -0.39 is 40.3 Å². The summed E-state index contributed by atoms with van der Waals surface area (Å²) in [6.45, 7) is 4.98. The predicted molar refractivity (Wildman–Crippen MR) is 131 cm³/mol. The highest BCUT2D eigenvalue weighted by Crippen LogP contribution is 2.37. The molecule has 2 amide bonds. The molecule has 3 N–H and O–H groups in total. The number of nitrogens with two attached hydrogens (primary N) is 1. The molecule has 1 aliphatic heterocycles. The van der Waals surface area contributed by atoms with Gasteiger partial charge < -0.3 is 20.1 Å². The highest BCUT2D eigenvalue weighted by molar-refractivity contribution is 7.79. The molecule has 1 fully saturated rings. The normalized spacial score (nSPS) is 18.8. The Kier molecular flexibility index (Phi) is 6.56. The van der Waals surface area contributed by atoms with Crippen LogP contribution in [0.3, 0.4) is 0 Å². The van der Waals surface area contributed by atoms with Crippen molar-refractivity contribution in [3.8, 4) is 11.3 Å². The van der Waals surface area contributed by atoms with Gasteiger partial charge in [-0.2, -0.15) is 5.10 Å². The molecule has 1 saturated heterocycles. The van der Waals surface area contributed by atoms with Crippen LogP contribution in [0.4, 0.5) is 15.9 Å². The zero-order chi connectivity index (χ0) is 25.7. The molecule has 3 aromatic rings. The van der Waals surface area contributed by atoms with Gasteiger partial charge >= 0.3 is 0 Å². The van der Waals surface area contributed by atoms with E-state index in [0.717, 1.165) is 0 Å². The molecule has 0 aliphatic carbocycles. The molecule has 1 unspecified atom stereocenters. The lowest BCUT2D eigenvalue weighted by molar-refractivity contribution is -0.148. The number of aromatic nitrogens is 3. The maximum Gasteiger partial charge on any atom is 0.252 e. The van der Waals surface area contributed by atoms with Gasteiger partial charge in [-0.15, -0.1) is 0 Å². The van der Waals surface area contributed by atoms with Gasteiger partial charge in [-0.3, -0.25) is 9.59 Å². The standard InChI is InChI=1S/C22H24ClFN6O4S/c1-12-10-28(18(31)6-7-35(33)34)22(2,3)21(32)29(12)17-8-13(4-5-15(17)24)16-9-14(23)19-20(25)26-11-27-30(16)19/h4-5,8-9,11-12H,6-7,10H2,1-3H3,(H,33,34)(H2,25,26,27)/t12-/m0/s1. The summed E-state index contributed by atoms with van der Waals surface area (Å²) in [5.74, 6) is -1.54. The van der Waals surface area contributed by atoms with E-state index in [1.165, 1.54) is 32.8 Å². The van der Waals surface area contributed by atoms with E-state index in [0.29, 0.717) is 21.8 Å². The fraction of sp³-hybridized carbons (Fsp3) is 0.364. The average Bonchev–Trinajstić information content (AvgIpc) is 3.13. The number of piperazine rings is 1. The van der Waals surface area contributed by atoms with Gasteiger partial charge in [-0.1, -0.05) is 11.6 Å². The number of fused-ring (bicyclic) bond motifs is 1. The third kappa shape index (κ3) is 4.37. The summed E-state index contributed by atoms with van der Waals surface area (Å²) in [5.41, 5.74) is 6.17. The van der Waals surface area contributed by atoms with Crippen molar-refractivity contribution in [2.24, 2.45) is 0 Å². The highest BCUT2D eigenvalue weighted by atomic mass is 35.5. The second-order valence-corrected chi connectivity index (χ2v) is 10.3. The van der Waals surface area contributed by atoms with E-state index in [-0.39, 0.29) is 30.2 Å². The van der Waals surface area contributed by atoms with E-state index in [4.69, 9.17) is 21.9 Å². The van der Waals surface area contributed by atoms with Crippen molar-refractivity contribution < 1.29 is 22.7 Å². The third-order valence-electron chi connectivity index (χ3n) is 6.13. The van der Waals surface area contributed by atoms with Crippen molar-refractivity contribution in [2.45, 2.75) is 38.8 Å². The number of rotatable bonds is 5. The molecular weight excluding hydrogens is 499 g/mol. The smallest absolute Gasteiger partial charge is 0.252 e. The molecule has 2 atom stereocenters. The second kappa shape index (κ2) is 9.17. The Labute approximate surface area is 208 Å². The zero-order valence-electron chi connectivity index (χ0n) is 19.2. The van der Waals surface area contributed by atoms with Gasteiger partial charge in [0.1, 0.15) is 23.2 Å². The summed E-state index contributed by atoms with van der Waals surface area (Å²) in [5, 5.41) is 4.52. The Morgan fingerprint density at radius 3 is 2.77 bits per heavy atom. The fourth-order valence-electron chi connectivity index (χ4n) is 4.34. The zero-order valence-corrected chi connectivity index (χ0v) is 20.8. The minimum Gasteiger partial charge on any atom is -0.382 e. The maximum absolute atomic E-state index is 15.1. The minimum atomic E-state index is -2.12. The number of carbonyl (C=O) groups excluding carboxylic acids is 2. The van der Waals surface area contributed by atoms with Crippen molar-refractivity contribution in [3.63, 3.8) is 0 Å². The predicted octanol–water partition coefficient (Wildman–Crippen LogP) is 2.73. The molecule has 1 aromatic carbocycles. The molecule has 0 saturated carbocycles. The first-order valence-corrected chi connectivity index (χ1v) is 12.4. The number of carbonyl (C=O) groups is 2. The van der Waals surface area contributed by atoms with Crippen LogP contribution in [-0.2, 0) is 20.7 Å². The topological polar surface area (TPSA) is 134 Å². The van der Waals surface area contributed by atoms with Crippen LogP contribution < -0.4 is 10.6 Å². The lowest BCUT2D eigenvalue weighted by atomic mass is 9.93. The van der Waals surface area contributed by atoms with E-state index in [1.54, 1.807) is 32.9 Å². The first-order chi connectivity index (χ1) is 16.4. The molecule has 35 heavy (non-hydrogen) atoms. The van der Waals surface area contributed by atoms with Crippen LogP contribution in [0.2, 0.25) is 5.02 Å². The number of anilines is 2. The van der Waals surface area contributed by atoms with Crippen molar-refractivity contribution >= 4 is 51.5 Å². The Balaban J connectivity index is 1.73. The second-order valence-electron chi connectivity index (χ2n) is 8.81. The van der Waals surface area contributed by atoms with Gasteiger partial charge in [0, 0.05) is 18.5 Å². The molecule has 0 spiro atoms. The highest BCUT2D eigenvalue weighted by Gasteiger charge is 2.47. The van der Waals surface area contributed by atoms with Crippen LogP contribution in [0.1, 0.15) is 27.2 Å². The number of amides is 2. The SMILES string of the molecule is C[C@H]1CN(C(=O)CCS(=O)O)C(C)(C)C(=O)N1c1cc(-c2cc(Cl)c3c(N)ncnn23)ccc1F. The van der Waals surface area contributed by atoms with Crippen LogP contribution in [0.5, 0.6) is 0 Å². The van der Waals surface area contributed by atoms with E-state index in [9.17, 15) is 13.8 Å². The van der Waals surface area contributed by atoms with Crippen LogP contribution >= 0.6 is 11.6 Å². The van der Waals surface area contributed by atoms with E-state index in [1.807, 2.05) is 0 Å². The number of nitrogens with zero attached hydrogens (tertiary/aromatic N) is 5. The molecule has 1 aliphatic rings. The van der Waals surface area contributed by atoms with Crippen LogP contribution in [-0.4, -0.2) is 64.0 Å². The third-order valence-corrected chi connectivity index (χ3v) is 6.98. The van der Waals surface area contributed by atoms with Gasteiger partial charge in [-0.05, 0) is 45.0 Å². The first-order valence-electron chi connectivity index (χ1n) is 10.7. The number of benzene rings is 1. The van der Waals surface area contributed by atoms with Gasteiger partial charge in [-0.25, -0.2) is 18.1 Å². The van der Waals surface area contributed by atoms with E-state index >= 15 is 4.39 Å². The molecule has 13 heteroatoms. The first kappa shape index (κ1) is 25.0. The Morgan fingerprint density at radius 1 is 1.37 bits per heavy atom. The maximum atomic E-state index is 15.1. The van der Waals surface area contributed by atoms with Crippen molar-refractivity contribution in [1.82, 2.24) is 19.5 Å². The van der Waals surface area contributed by atoms with Gasteiger partial charge in [0.05, 0.1) is 28.2 Å². The number of nitrogen functional groups attached to an aromatic ring is 1. The molecule has 4 rings (SSSR count). The van der Waals surface area contributed by atoms with Crippen LogP contribution in [0.25, 0.3) is 16.8 Å². The lowest BCUT2D eigenvalue weighted by Crippen LogP contribution is -2.68. The fourth-order valence-corrected chi connectivity index (χ4v) is 4.97. The number of hydrogen-bond donors (Lipinski definition) is 2. The summed E-state index contributed by atoms with van der Waals surface area (Å²) < 4.78 is 36.6. The van der Waals surface area contributed by atoms with Crippen LogP contribution in [0.15, 0.2) is 30.6 Å². The Hall–Kier alpha value is -3.09. The summed E-state index contributed by atoms with van der Waals surface area (Å²) in [6.07, 6.45) is 1.10. The molecular formula is C22H24ClFN6O4S. The number of halogens is 2. The largest absolute Gasteiger partial charge is 0.382 e. The molecule has 0 radical (unpaired) electrons.